The van der Waals surface area contributed by atoms with E-state index in [0.717, 1.165) is 0 Å². The number of likely N-dealkylation sites (N-methyl/N-ethyl adjacent to an activating group) is 1. The first-order valence-corrected chi connectivity index (χ1v) is 5.44. The maximum atomic E-state index is 11.7. The number of hydrogen-bond acceptors (Lipinski definition) is 5. The number of ether oxygens (including phenoxy) is 1. The van der Waals surface area contributed by atoms with E-state index in [1.165, 1.54) is 6.33 Å². The van der Waals surface area contributed by atoms with Crippen molar-refractivity contribution in [2.75, 3.05) is 13.2 Å². The van der Waals surface area contributed by atoms with Crippen molar-refractivity contribution in [1.82, 2.24) is 20.1 Å². The molecule has 6 nitrogen and oxygen atoms in total. The van der Waals surface area contributed by atoms with Gasteiger partial charge in [0.2, 0.25) is 0 Å². The van der Waals surface area contributed by atoms with Crippen LogP contribution < -0.4 is 5.32 Å². The molecule has 1 N–H and O–H groups in total. The summed E-state index contributed by atoms with van der Waals surface area (Å²) < 4.78 is 6.66. The molecule has 1 heterocycles. The lowest BCUT2D eigenvalue weighted by Gasteiger charge is -2.22. The molecule has 0 fully saturated rings. The van der Waals surface area contributed by atoms with Crippen LogP contribution >= 0.6 is 0 Å². The van der Waals surface area contributed by atoms with E-state index in [4.69, 9.17) is 4.74 Å². The summed E-state index contributed by atoms with van der Waals surface area (Å²) in [5, 5.41) is 7.11. The Kier molecular flexibility index (Phi) is 4.91. The van der Waals surface area contributed by atoms with Gasteiger partial charge in [0.15, 0.2) is 0 Å². The van der Waals surface area contributed by atoms with Crippen molar-refractivity contribution in [3.05, 3.63) is 12.7 Å². The van der Waals surface area contributed by atoms with Crippen molar-refractivity contribution in [3.63, 3.8) is 0 Å². The molecule has 6 heteroatoms. The SMILES string of the molecule is CCNC(C(=O)OCC)C(C)n1cncn1. The molecule has 0 aliphatic heterocycles. The second-order valence-electron chi connectivity index (χ2n) is 3.40. The maximum Gasteiger partial charge on any atom is 0.325 e. The van der Waals surface area contributed by atoms with Gasteiger partial charge in [0.1, 0.15) is 18.7 Å². The molecule has 0 aromatic carbocycles. The highest BCUT2D eigenvalue weighted by Crippen LogP contribution is 2.10. The van der Waals surface area contributed by atoms with Gasteiger partial charge in [-0.05, 0) is 20.4 Å². The number of carbonyl (C=O) groups excluding carboxylic acids is 1. The number of nitrogens with one attached hydrogen (secondary N) is 1. The molecule has 0 aliphatic rings. The van der Waals surface area contributed by atoms with Crippen molar-refractivity contribution in [1.29, 1.82) is 0 Å². The number of rotatable bonds is 6. The summed E-state index contributed by atoms with van der Waals surface area (Å²) in [7, 11) is 0. The molecule has 2 unspecified atom stereocenters. The number of aromatic nitrogens is 3. The van der Waals surface area contributed by atoms with Gasteiger partial charge in [-0.2, -0.15) is 5.10 Å². The minimum Gasteiger partial charge on any atom is -0.465 e. The van der Waals surface area contributed by atoms with Crippen LogP contribution in [-0.4, -0.2) is 39.9 Å². The molecule has 0 radical (unpaired) electrons. The van der Waals surface area contributed by atoms with E-state index in [1.807, 2.05) is 13.8 Å². The van der Waals surface area contributed by atoms with Gasteiger partial charge in [-0.1, -0.05) is 6.92 Å². The third-order valence-electron chi connectivity index (χ3n) is 2.30. The maximum absolute atomic E-state index is 11.7. The van der Waals surface area contributed by atoms with Gasteiger partial charge in [-0.15, -0.1) is 0 Å². The van der Waals surface area contributed by atoms with Crippen LogP contribution in [-0.2, 0) is 9.53 Å². The van der Waals surface area contributed by atoms with Gasteiger partial charge in [0, 0.05) is 0 Å². The van der Waals surface area contributed by atoms with Crippen LogP contribution in [0.25, 0.3) is 0 Å². The molecule has 90 valence electrons. The van der Waals surface area contributed by atoms with Gasteiger partial charge in [0.05, 0.1) is 12.6 Å². The van der Waals surface area contributed by atoms with Gasteiger partial charge in [0.25, 0.3) is 0 Å². The smallest absolute Gasteiger partial charge is 0.325 e. The molecule has 2 atom stereocenters. The highest BCUT2D eigenvalue weighted by Gasteiger charge is 2.27. The normalized spacial score (nSPS) is 14.4. The molecule has 0 amide bonds. The first kappa shape index (κ1) is 12.6. The van der Waals surface area contributed by atoms with E-state index in [2.05, 4.69) is 15.4 Å². The molecular weight excluding hydrogens is 208 g/mol. The number of nitrogens with zero attached hydrogens (tertiary/aromatic N) is 3. The van der Waals surface area contributed by atoms with E-state index in [-0.39, 0.29) is 12.0 Å². The molecule has 1 rings (SSSR count). The molecule has 0 saturated carbocycles. The average molecular weight is 226 g/mol. The second kappa shape index (κ2) is 6.22. The first-order valence-electron chi connectivity index (χ1n) is 5.44. The molecule has 0 spiro atoms. The van der Waals surface area contributed by atoms with E-state index in [0.29, 0.717) is 13.2 Å². The summed E-state index contributed by atoms with van der Waals surface area (Å²) in [4.78, 5) is 15.6. The van der Waals surface area contributed by atoms with E-state index >= 15 is 0 Å². The Morgan fingerprint density at radius 1 is 1.56 bits per heavy atom. The van der Waals surface area contributed by atoms with Crippen LogP contribution in [0.5, 0.6) is 0 Å². The predicted octanol–water partition coefficient (Wildman–Crippen LogP) is 0.380. The molecule has 16 heavy (non-hydrogen) atoms. The van der Waals surface area contributed by atoms with Gasteiger partial charge in [-0.3, -0.25) is 4.79 Å². The van der Waals surface area contributed by atoms with Crippen molar-refractivity contribution >= 4 is 5.97 Å². The molecule has 0 aliphatic carbocycles. The van der Waals surface area contributed by atoms with E-state index < -0.39 is 6.04 Å². The highest BCUT2D eigenvalue weighted by atomic mass is 16.5. The van der Waals surface area contributed by atoms with Gasteiger partial charge < -0.3 is 10.1 Å². The molecule has 0 bridgehead atoms. The number of esters is 1. The van der Waals surface area contributed by atoms with Crippen molar-refractivity contribution in [2.24, 2.45) is 0 Å². The fraction of sp³-hybridized carbons (Fsp3) is 0.700. The van der Waals surface area contributed by atoms with Crippen molar-refractivity contribution < 1.29 is 9.53 Å². The van der Waals surface area contributed by atoms with Crippen LogP contribution in [0.3, 0.4) is 0 Å². The standard InChI is InChI=1S/C10H18N4O2/c1-4-12-9(10(15)16-5-2)8(3)14-7-11-6-13-14/h6-9,12H,4-5H2,1-3H3. The summed E-state index contributed by atoms with van der Waals surface area (Å²) in [6.07, 6.45) is 3.04. The Morgan fingerprint density at radius 2 is 2.31 bits per heavy atom. The Morgan fingerprint density at radius 3 is 2.81 bits per heavy atom. The fourth-order valence-electron chi connectivity index (χ4n) is 1.48. The zero-order chi connectivity index (χ0) is 12.0. The largest absolute Gasteiger partial charge is 0.465 e. The summed E-state index contributed by atoms with van der Waals surface area (Å²) in [6.45, 7) is 6.72. The van der Waals surface area contributed by atoms with E-state index in [1.54, 1.807) is 17.9 Å². The summed E-state index contributed by atoms with van der Waals surface area (Å²) in [6, 6.07) is -0.520. The van der Waals surface area contributed by atoms with Gasteiger partial charge >= 0.3 is 5.97 Å². The molecule has 1 aromatic rings. The molecular formula is C10H18N4O2. The van der Waals surface area contributed by atoms with E-state index in [9.17, 15) is 4.79 Å². The minimum absolute atomic E-state index is 0.124. The minimum atomic E-state index is -0.397. The lowest BCUT2D eigenvalue weighted by atomic mass is 10.1. The van der Waals surface area contributed by atoms with Crippen LogP contribution in [0.4, 0.5) is 0 Å². The summed E-state index contributed by atoms with van der Waals surface area (Å²) in [5.41, 5.74) is 0. The second-order valence-corrected chi connectivity index (χ2v) is 3.40. The molecule has 0 saturated heterocycles. The lowest BCUT2D eigenvalue weighted by Crippen LogP contribution is -2.44. The van der Waals surface area contributed by atoms with Crippen LogP contribution in [0.15, 0.2) is 12.7 Å². The monoisotopic (exact) mass is 226 g/mol. The zero-order valence-corrected chi connectivity index (χ0v) is 9.88. The summed E-state index contributed by atoms with van der Waals surface area (Å²) in [5.74, 6) is -0.257. The first-order chi connectivity index (χ1) is 7.70. The van der Waals surface area contributed by atoms with Crippen LogP contribution in [0.2, 0.25) is 0 Å². The topological polar surface area (TPSA) is 69.0 Å². The lowest BCUT2D eigenvalue weighted by molar-refractivity contribution is -0.146. The van der Waals surface area contributed by atoms with Crippen LogP contribution in [0.1, 0.15) is 26.8 Å². The molecule has 1 aromatic heterocycles. The third-order valence-corrected chi connectivity index (χ3v) is 2.30. The Balaban J connectivity index is 2.72. The highest BCUT2D eigenvalue weighted by molar-refractivity contribution is 5.76. The fourth-order valence-corrected chi connectivity index (χ4v) is 1.48. The number of hydrogen-bond donors (Lipinski definition) is 1. The van der Waals surface area contributed by atoms with Gasteiger partial charge in [-0.25, -0.2) is 9.67 Å². The van der Waals surface area contributed by atoms with Crippen molar-refractivity contribution in [2.45, 2.75) is 32.9 Å². The van der Waals surface area contributed by atoms with Crippen LogP contribution in [0, 0.1) is 0 Å². The Labute approximate surface area is 95.0 Å². The predicted molar refractivity (Wildman–Crippen MR) is 58.8 cm³/mol. The Bertz CT molecular complexity index is 313. The van der Waals surface area contributed by atoms with Crippen molar-refractivity contribution in [3.8, 4) is 0 Å². The zero-order valence-electron chi connectivity index (χ0n) is 9.88. The Hall–Kier alpha value is -1.43. The number of carbonyl (C=O) groups is 1. The quantitative estimate of drug-likeness (QED) is 0.710. The third kappa shape index (κ3) is 3.03. The average Bonchev–Trinajstić information content (AvgIpc) is 2.78. The summed E-state index contributed by atoms with van der Waals surface area (Å²) >= 11 is 0.